The van der Waals surface area contributed by atoms with Crippen molar-refractivity contribution in [2.45, 2.75) is 88.6 Å². The predicted octanol–water partition coefficient (Wildman–Crippen LogP) is 5.98. The maximum Gasteiger partial charge on any atom is 0.407 e. The molecule has 0 unspecified atom stereocenters. The van der Waals surface area contributed by atoms with Crippen molar-refractivity contribution in [1.29, 1.82) is 0 Å². The molecule has 318 valence electrons. The van der Waals surface area contributed by atoms with Gasteiger partial charge in [-0.15, -0.1) is 0 Å². The number of hydrogen-bond acceptors (Lipinski definition) is 8. The maximum absolute atomic E-state index is 14.2. The summed E-state index contributed by atoms with van der Waals surface area (Å²) in [5, 5.41) is 12.5. The Labute approximate surface area is 354 Å². The number of benzene rings is 2. The lowest BCUT2D eigenvalue weighted by atomic mass is 9.90. The number of carbonyl (C=O) groups is 4. The molecule has 5 aliphatic rings. The quantitative estimate of drug-likeness (QED) is 0.140. The Balaban J connectivity index is 0.841. The largest absolute Gasteiger partial charge is 0.465 e. The van der Waals surface area contributed by atoms with Gasteiger partial charge in [0.2, 0.25) is 11.8 Å². The van der Waals surface area contributed by atoms with E-state index in [0.717, 1.165) is 70.0 Å². The second-order valence-electron chi connectivity index (χ2n) is 17.5. The number of amides is 4. The van der Waals surface area contributed by atoms with Gasteiger partial charge in [0.05, 0.1) is 43.0 Å². The molecule has 2 aromatic carbocycles. The minimum atomic E-state index is -1.12. The average molecular weight is 829 g/mol. The molecule has 3 saturated heterocycles. The molecule has 2 aliphatic carbocycles. The number of aromatic nitrogens is 4. The Morgan fingerprint density at radius 3 is 1.75 bits per heavy atom. The second-order valence-corrected chi connectivity index (χ2v) is 17.5. The highest BCUT2D eigenvalue weighted by atomic mass is 16.5. The van der Waals surface area contributed by atoms with Crippen molar-refractivity contribution in [1.82, 2.24) is 40.0 Å². The Morgan fingerprint density at radius 2 is 1.30 bits per heavy atom. The van der Waals surface area contributed by atoms with Crippen molar-refractivity contribution in [3.8, 4) is 34.4 Å². The molecule has 61 heavy (non-hydrogen) atoms. The van der Waals surface area contributed by atoms with Crippen LogP contribution >= 0.6 is 0 Å². The van der Waals surface area contributed by atoms with Crippen LogP contribution in [-0.2, 0) is 19.1 Å². The molecule has 9 rings (SSSR count). The summed E-state index contributed by atoms with van der Waals surface area (Å²) < 4.78 is 10.4. The van der Waals surface area contributed by atoms with Crippen LogP contribution in [0.25, 0.3) is 22.5 Å². The molecule has 0 spiro atoms. The number of likely N-dealkylation sites (N-methyl/N-ethyl adjacent to an activating group) is 1. The summed E-state index contributed by atoms with van der Waals surface area (Å²) in [7, 11) is 2.78. The van der Waals surface area contributed by atoms with Crippen molar-refractivity contribution < 1.29 is 33.8 Å². The molecule has 4 N–H and O–H groups in total. The van der Waals surface area contributed by atoms with Gasteiger partial charge in [0.1, 0.15) is 23.7 Å². The number of ether oxygens (including phenoxy) is 2. The lowest BCUT2D eigenvalue weighted by Gasteiger charge is -2.35. The van der Waals surface area contributed by atoms with Gasteiger partial charge in [0, 0.05) is 43.5 Å². The monoisotopic (exact) mass is 828 g/mol. The highest BCUT2D eigenvalue weighted by Gasteiger charge is 2.58. The van der Waals surface area contributed by atoms with Crippen LogP contribution in [0.4, 0.5) is 9.59 Å². The summed E-state index contributed by atoms with van der Waals surface area (Å²) in [5.41, 5.74) is 5.30. The normalized spacial score (nSPS) is 24.9. The van der Waals surface area contributed by atoms with Gasteiger partial charge in [-0.2, -0.15) is 0 Å². The SMILES string of the molecule is COC(=O)N[C@H](C(=O)N1[C@@H]2C[C@@H]2C[C@H]1c1ncc(-c2ccc(C#Cc3ccc(-c4cnc([C@@H]5C[C@H]6C[C@H]6N5C(=O)[C@H](C(C)C)N(C)C(=O)O)[nH]4)cc3)cc2)[nH]1)C1CCOCC1. The van der Waals surface area contributed by atoms with Crippen LogP contribution in [0.5, 0.6) is 0 Å². The van der Waals surface area contributed by atoms with Crippen LogP contribution in [0.1, 0.15) is 87.2 Å². The van der Waals surface area contributed by atoms with Crippen LogP contribution < -0.4 is 5.32 Å². The molecular formula is C46H52N8O7. The van der Waals surface area contributed by atoms with Crippen molar-refractivity contribution in [3.05, 3.63) is 83.7 Å². The van der Waals surface area contributed by atoms with Crippen molar-refractivity contribution in [2.75, 3.05) is 27.4 Å². The first-order chi connectivity index (χ1) is 29.5. The highest BCUT2D eigenvalue weighted by molar-refractivity contribution is 5.88. The number of nitrogens with zero attached hydrogens (tertiary/aromatic N) is 5. The van der Waals surface area contributed by atoms with Crippen molar-refractivity contribution in [2.24, 2.45) is 23.7 Å². The minimum Gasteiger partial charge on any atom is -0.465 e. The molecule has 2 saturated carbocycles. The number of methoxy groups -OCH3 is 1. The van der Waals surface area contributed by atoms with Crippen LogP contribution in [0.15, 0.2) is 60.9 Å². The van der Waals surface area contributed by atoms with Gasteiger partial charge in [-0.25, -0.2) is 19.6 Å². The summed E-state index contributed by atoms with van der Waals surface area (Å²) in [6.07, 6.45) is 6.82. The number of rotatable bonds is 10. The van der Waals surface area contributed by atoms with E-state index < -0.39 is 24.3 Å². The summed E-state index contributed by atoms with van der Waals surface area (Å²) >= 11 is 0. The van der Waals surface area contributed by atoms with Gasteiger partial charge in [0.15, 0.2) is 0 Å². The first-order valence-corrected chi connectivity index (χ1v) is 21.3. The maximum atomic E-state index is 14.2. The van der Waals surface area contributed by atoms with E-state index in [9.17, 15) is 24.3 Å². The third-order valence-electron chi connectivity index (χ3n) is 13.3. The molecule has 2 aromatic heterocycles. The third-order valence-corrected chi connectivity index (χ3v) is 13.3. The topological polar surface area (TPSA) is 186 Å². The van der Waals surface area contributed by atoms with E-state index in [4.69, 9.17) is 19.4 Å². The third kappa shape index (κ3) is 7.96. The number of aromatic amines is 2. The van der Waals surface area contributed by atoms with E-state index >= 15 is 0 Å². The number of alkyl carbamates (subject to hydrolysis) is 1. The zero-order valence-electron chi connectivity index (χ0n) is 34.8. The average Bonchev–Trinajstić information content (AvgIpc) is 3.85. The fourth-order valence-electron chi connectivity index (χ4n) is 9.90. The highest BCUT2D eigenvalue weighted by Crippen LogP contribution is 2.54. The zero-order chi connectivity index (χ0) is 42.5. The van der Waals surface area contributed by atoms with Crippen LogP contribution in [0.3, 0.4) is 0 Å². The number of carboxylic acid groups (broad SMARTS) is 1. The first kappa shape index (κ1) is 40.3. The van der Waals surface area contributed by atoms with E-state index in [1.54, 1.807) is 6.20 Å². The fourth-order valence-corrected chi connectivity index (χ4v) is 9.90. The van der Waals surface area contributed by atoms with Crippen molar-refractivity contribution in [3.63, 3.8) is 0 Å². The number of likely N-dealkylation sites (tertiary alicyclic amines) is 2. The number of imidazole rings is 2. The molecule has 3 aliphatic heterocycles. The molecule has 5 heterocycles. The molecule has 15 heteroatoms. The number of hydrogen-bond donors (Lipinski definition) is 4. The van der Waals surface area contributed by atoms with E-state index in [-0.39, 0.29) is 47.8 Å². The van der Waals surface area contributed by atoms with E-state index in [0.29, 0.717) is 43.7 Å². The summed E-state index contributed by atoms with van der Waals surface area (Å²) in [6, 6.07) is 14.3. The van der Waals surface area contributed by atoms with Gasteiger partial charge in [-0.3, -0.25) is 14.5 Å². The Hall–Kier alpha value is -6.14. The molecule has 5 fully saturated rings. The van der Waals surface area contributed by atoms with E-state index in [1.807, 2.05) is 78.4 Å². The fraction of sp³-hybridized carbons (Fsp3) is 0.478. The Bertz CT molecular complexity index is 2360. The molecule has 0 bridgehead atoms. The smallest absolute Gasteiger partial charge is 0.407 e. The van der Waals surface area contributed by atoms with Crippen LogP contribution in [0.2, 0.25) is 0 Å². The summed E-state index contributed by atoms with van der Waals surface area (Å²) in [4.78, 5) is 73.4. The number of nitrogens with one attached hydrogen (secondary N) is 3. The Morgan fingerprint density at radius 1 is 0.803 bits per heavy atom. The van der Waals surface area contributed by atoms with Gasteiger partial charge in [-0.05, 0) is 97.6 Å². The number of carbonyl (C=O) groups excluding carboxylic acids is 3. The predicted molar refractivity (Wildman–Crippen MR) is 224 cm³/mol. The number of H-pyrrole nitrogens is 2. The lowest BCUT2D eigenvalue weighted by Crippen LogP contribution is -2.54. The first-order valence-electron chi connectivity index (χ1n) is 21.3. The molecule has 8 atom stereocenters. The van der Waals surface area contributed by atoms with Gasteiger partial charge >= 0.3 is 12.2 Å². The lowest BCUT2D eigenvalue weighted by molar-refractivity contribution is -0.140. The van der Waals surface area contributed by atoms with E-state index in [2.05, 4.69) is 27.1 Å². The standard InChI is InChI=1S/C46H52N8O7/c1-25(2)40(52(3)46(58)59)44(56)54-36-20-32(36)22-38(54)42-48-24-34(50-42)29-13-9-27(10-14-29)6-5-26-7-11-28(12-8-26)33-23-47-41(49-33)37-21-31-19-35(31)53(37)43(55)39(51-45(57)60-4)30-15-17-61-18-16-30/h7-14,23-25,30-32,35-40H,15-22H2,1-4H3,(H,47,49)(H,48,50)(H,51,57)(H,58,59)/t31-,32-,35-,36-,37+,38+,39+,40+/m1/s1. The molecule has 4 aromatic rings. The number of fused-ring (bicyclic) bond motifs is 2. The summed E-state index contributed by atoms with van der Waals surface area (Å²) in [6.45, 7) is 4.88. The molecule has 15 nitrogen and oxygen atoms in total. The van der Waals surface area contributed by atoms with E-state index in [1.165, 1.54) is 14.2 Å². The van der Waals surface area contributed by atoms with Crippen LogP contribution in [-0.4, -0.2) is 115 Å². The molecular weight excluding hydrogens is 777 g/mol. The molecule has 0 radical (unpaired) electrons. The van der Waals surface area contributed by atoms with Crippen LogP contribution in [0, 0.1) is 35.5 Å². The van der Waals surface area contributed by atoms with Gasteiger partial charge in [0.25, 0.3) is 0 Å². The minimum absolute atomic E-state index is 0.0245. The zero-order valence-corrected chi connectivity index (χ0v) is 34.8. The molecule has 4 amide bonds. The second kappa shape index (κ2) is 16.4. The van der Waals surface area contributed by atoms with Gasteiger partial charge < -0.3 is 39.7 Å². The van der Waals surface area contributed by atoms with Crippen molar-refractivity contribution >= 4 is 24.0 Å². The summed E-state index contributed by atoms with van der Waals surface area (Å²) in [5.74, 6) is 8.39. The Kier molecular flexibility index (Phi) is 10.8. The number of piperidine rings is 2. The van der Waals surface area contributed by atoms with Gasteiger partial charge in [-0.1, -0.05) is 50.0 Å².